The first-order valence-corrected chi connectivity index (χ1v) is 7.46. The molecule has 116 valence electrons. The number of hydrogen-bond acceptors (Lipinski definition) is 5. The molecule has 0 amide bonds. The highest BCUT2D eigenvalue weighted by Crippen LogP contribution is 2.36. The second-order valence-electron chi connectivity index (χ2n) is 5.20. The van der Waals surface area contributed by atoms with Crippen LogP contribution in [0.25, 0.3) is 0 Å². The van der Waals surface area contributed by atoms with Crippen LogP contribution in [0.4, 0.5) is 5.69 Å². The van der Waals surface area contributed by atoms with Gasteiger partial charge in [-0.25, -0.2) is 0 Å². The van der Waals surface area contributed by atoms with E-state index < -0.39 is 4.92 Å². The predicted octanol–water partition coefficient (Wildman–Crippen LogP) is 2.76. The lowest BCUT2D eigenvalue weighted by atomic mass is 10.1. The summed E-state index contributed by atoms with van der Waals surface area (Å²) >= 11 is 0. The first-order valence-electron chi connectivity index (χ1n) is 7.46. The van der Waals surface area contributed by atoms with E-state index in [0.717, 1.165) is 32.4 Å². The number of nitrogens with zero attached hydrogens (tertiary/aromatic N) is 1. The number of nitrogens with one attached hydrogen (secondary N) is 1. The van der Waals surface area contributed by atoms with Crippen molar-refractivity contribution in [3.8, 4) is 11.5 Å². The topological polar surface area (TPSA) is 73.6 Å². The van der Waals surface area contributed by atoms with Crippen LogP contribution in [0, 0.1) is 16.0 Å². The Balaban J connectivity index is 2.01. The third-order valence-electron chi connectivity index (χ3n) is 3.55. The fourth-order valence-electron chi connectivity index (χ4n) is 2.42. The molecule has 1 unspecified atom stereocenters. The molecule has 2 rings (SSSR count). The summed E-state index contributed by atoms with van der Waals surface area (Å²) in [6.07, 6.45) is 2.85. The van der Waals surface area contributed by atoms with Crippen LogP contribution >= 0.6 is 0 Å². The summed E-state index contributed by atoms with van der Waals surface area (Å²) in [4.78, 5) is 10.8. The standard InChI is InChI=1S/C15H22N2O4/c1-2-9-20-13-4-3-5-14(15(13)17(18)19)21-10-7-12-6-8-16-11-12/h3-5,12,16H,2,6-11H2,1H3. The Morgan fingerprint density at radius 1 is 1.33 bits per heavy atom. The van der Waals surface area contributed by atoms with Crippen LogP contribution in [-0.4, -0.2) is 31.2 Å². The van der Waals surface area contributed by atoms with Crippen LogP contribution in [0.2, 0.25) is 0 Å². The van der Waals surface area contributed by atoms with Crippen molar-refractivity contribution in [2.45, 2.75) is 26.2 Å². The predicted molar refractivity (Wildman–Crippen MR) is 80.0 cm³/mol. The SMILES string of the molecule is CCCOc1cccc(OCCC2CCNC2)c1[N+](=O)[O-]. The Bertz CT molecular complexity index is 473. The van der Waals surface area contributed by atoms with E-state index >= 15 is 0 Å². The molecule has 0 saturated carbocycles. The molecule has 0 aromatic heterocycles. The lowest BCUT2D eigenvalue weighted by Gasteiger charge is -2.12. The van der Waals surface area contributed by atoms with E-state index in [2.05, 4.69) is 5.32 Å². The maximum absolute atomic E-state index is 11.3. The van der Waals surface area contributed by atoms with Crippen LogP contribution < -0.4 is 14.8 Å². The van der Waals surface area contributed by atoms with E-state index in [1.54, 1.807) is 18.2 Å². The quantitative estimate of drug-likeness (QED) is 0.589. The largest absolute Gasteiger partial charge is 0.487 e. The van der Waals surface area contributed by atoms with Crippen molar-refractivity contribution in [3.63, 3.8) is 0 Å². The van der Waals surface area contributed by atoms with Crippen LogP contribution in [0.5, 0.6) is 11.5 Å². The minimum Gasteiger partial charge on any atom is -0.487 e. The molecule has 1 saturated heterocycles. The number of nitro groups is 1. The van der Waals surface area contributed by atoms with E-state index in [0.29, 0.717) is 24.9 Å². The Morgan fingerprint density at radius 2 is 2.05 bits per heavy atom. The molecule has 0 spiro atoms. The number of rotatable bonds is 8. The number of ether oxygens (including phenoxy) is 2. The normalized spacial score (nSPS) is 17.7. The molecule has 0 bridgehead atoms. The van der Waals surface area contributed by atoms with Gasteiger partial charge >= 0.3 is 5.69 Å². The third-order valence-corrected chi connectivity index (χ3v) is 3.55. The average molecular weight is 294 g/mol. The summed E-state index contributed by atoms with van der Waals surface area (Å²) in [6.45, 7) is 4.96. The van der Waals surface area contributed by atoms with Gasteiger partial charge in [0, 0.05) is 0 Å². The summed E-state index contributed by atoms with van der Waals surface area (Å²) in [5.41, 5.74) is -0.0736. The van der Waals surface area contributed by atoms with Crippen molar-refractivity contribution < 1.29 is 14.4 Å². The first kappa shape index (κ1) is 15.6. The van der Waals surface area contributed by atoms with Gasteiger partial charge < -0.3 is 14.8 Å². The highest BCUT2D eigenvalue weighted by molar-refractivity contribution is 5.57. The number of para-hydroxylation sites is 1. The Hall–Kier alpha value is -1.82. The molecule has 1 heterocycles. The zero-order chi connectivity index (χ0) is 15.1. The number of nitro benzene ring substituents is 1. The van der Waals surface area contributed by atoms with Gasteiger partial charge in [0.1, 0.15) is 0 Å². The summed E-state index contributed by atoms with van der Waals surface area (Å²) < 4.78 is 11.1. The smallest absolute Gasteiger partial charge is 0.352 e. The van der Waals surface area contributed by atoms with Gasteiger partial charge in [-0.15, -0.1) is 0 Å². The molecule has 1 atom stereocenters. The molecule has 6 heteroatoms. The van der Waals surface area contributed by atoms with E-state index in [1.807, 2.05) is 6.92 Å². The fourth-order valence-corrected chi connectivity index (χ4v) is 2.42. The average Bonchev–Trinajstić information content (AvgIpc) is 2.98. The van der Waals surface area contributed by atoms with Gasteiger partial charge in [0.05, 0.1) is 18.1 Å². The molecule has 0 aliphatic carbocycles. The maximum Gasteiger partial charge on any atom is 0.352 e. The van der Waals surface area contributed by atoms with Crippen LogP contribution in [0.15, 0.2) is 18.2 Å². The second kappa shape index (κ2) is 7.83. The lowest BCUT2D eigenvalue weighted by Crippen LogP contribution is -2.12. The van der Waals surface area contributed by atoms with Crippen molar-refractivity contribution in [2.24, 2.45) is 5.92 Å². The van der Waals surface area contributed by atoms with Gasteiger partial charge in [-0.05, 0) is 50.4 Å². The minimum atomic E-state index is -0.433. The van der Waals surface area contributed by atoms with E-state index in [-0.39, 0.29) is 11.4 Å². The van der Waals surface area contributed by atoms with Gasteiger partial charge in [-0.3, -0.25) is 10.1 Å². The summed E-state index contributed by atoms with van der Waals surface area (Å²) in [6, 6.07) is 4.97. The van der Waals surface area contributed by atoms with Crippen molar-refractivity contribution in [3.05, 3.63) is 28.3 Å². The number of benzene rings is 1. The molecule has 1 aliphatic rings. The van der Waals surface area contributed by atoms with E-state index in [4.69, 9.17) is 9.47 Å². The van der Waals surface area contributed by atoms with E-state index in [1.165, 1.54) is 0 Å². The molecule has 0 radical (unpaired) electrons. The molecule has 1 aliphatic heterocycles. The molecule has 1 fully saturated rings. The van der Waals surface area contributed by atoms with Gasteiger partial charge in [0.15, 0.2) is 0 Å². The minimum absolute atomic E-state index is 0.0736. The van der Waals surface area contributed by atoms with Gasteiger partial charge in [-0.2, -0.15) is 0 Å². The van der Waals surface area contributed by atoms with Crippen LogP contribution in [0.3, 0.4) is 0 Å². The van der Waals surface area contributed by atoms with Crippen molar-refractivity contribution in [1.82, 2.24) is 5.32 Å². The molecule has 1 aromatic carbocycles. The second-order valence-corrected chi connectivity index (χ2v) is 5.20. The van der Waals surface area contributed by atoms with Crippen LogP contribution in [-0.2, 0) is 0 Å². The highest BCUT2D eigenvalue weighted by Gasteiger charge is 2.23. The zero-order valence-electron chi connectivity index (χ0n) is 12.3. The number of hydrogen-bond donors (Lipinski definition) is 1. The lowest BCUT2D eigenvalue weighted by molar-refractivity contribution is -0.386. The molecule has 21 heavy (non-hydrogen) atoms. The molecule has 1 aromatic rings. The molecule has 1 N–H and O–H groups in total. The summed E-state index contributed by atoms with van der Waals surface area (Å²) in [7, 11) is 0. The summed E-state index contributed by atoms with van der Waals surface area (Å²) in [5.74, 6) is 1.17. The Labute approximate surface area is 124 Å². The van der Waals surface area contributed by atoms with Gasteiger partial charge in [-0.1, -0.05) is 13.0 Å². The van der Waals surface area contributed by atoms with Gasteiger partial charge in [0.2, 0.25) is 11.5 Å². The third kappa shape index (κ3) is 4.32. The molecule has 6 nitrogen and oxygen atoms in total. The first-order chi connectivity index (χ1) is 10.2. The van der Waals surface area contributed by atoms with Crippen molar-refractivity contribution in [1.29, 1.82) is 0 Å². The Kier molecular flexibility index (Phi) is 5.80. The Morgan fingerprint density at radius 3 is 2.62 bits per heavy atom. The highest BCUT2D eigenvalue weighted by atomic mass is 16.6. The molecular weight excluding hydrogens is 272 g/mol. The summed E-state index contributed by atoms with van der Waals surface area (Å²) in [5, 5.41) is 14.6. The zero-order valence-corrected chi connectivity index (χ0v) is 12.3. The van der Waals surface area contributed by atoms with Crippen LogP contribution in [0.1, 0.15) is 26.2 Å². The monoisotopic (exact) mass is 294 g/mol. The van der Waals surface area contributed by atoms with E-state index in [9.17, 15) is 10.1 Å². The molecular formula is C15H22N2O4. The van der Waals surface area contributed by atoms with Crippen molar-refractivity contribution >= 4 is 5.69 Å². The fraction of sp³-hybridized carbons (Fsp3) is 0.600. The van der Waals surface area contributed by atoms with Crippen molar-refractivity contribution in [2.75, 3.05) is 26.3 Å². The van der Waals surface area contributed by atoms with Gasteiger partial charge in [0.25, 0.3) is 0 Å². The maximum atomic E-state index is 11.3.